The highest BCUT2D eigenvalue weighted by molar-refractivity contribution is 6.27. The van der Waals surface area contributed by atoms with Gasteiger partial charge in [0.15, 0.2) is 0 Å². The second kappa shape index (κ2) is 6.43. The van der Waals surface area contributed by atoms with Crippen molar-refractivity contribution >= 4 is 17.5 Å². The zero-order chi connectivity index (χ0) is 11.1. The topological polar surface area (TPSA) is 29.5 Å². The Balaban J connectivity index is 2.44. The fraction of sp³-hybridized carbons (Fsp3) is 0.364. The zero-order valence-electron chi connectivity index (χ0n) is 8.65. The Labute approximate surface area is 94.5 Å². The van der Waals surface area contributed by atoms with Crippen LogP contribution >= 0.6 is 11.6 Å². The molecule has 0 saturated carbocycles. The van der Waals surface area contributed by atoms with Gasteiger partial charge in [0, 0.05) is 6.54 Å². The molecule has 0 aromatic heterocycles. The van der Waals surface area contributed by atoms with Gasteiger partial charge in [-0.2, -0.15) is 0 Å². The van der Waals surface area contributed by atoms with Gasteiger partial charge in [-0.25, -0.2) is 5.06 Å². The van der Waals surface area contributed by atoms with E-state index in [0.29, 0.717) is 13.2 Å². The summed E-state index contributed by atoms with van der Waals surface area (Å²) in [4.78, 5) is 16.6. The molecule has 82 valence electrons. The lowest BCUT2D eigenvalue weighted by molar-refractivity contribution is -0.187. The van der Waals surface area contributed by atoms with Gasteiger partial charge in [-0.15, -0.1) is 11.6 Å². The quantitative estimate of drug-likeness (QED) is 0.570. The van der Waals surface area contributed by atoms with Crippen molar-refractivity contribution in [2.24, 2.45) is 0 Å². The zero-order valence-corrected chi connectivity index (χ0v) is 9.41. The molecule has 0 fully saturated rings. The summed E-state index contributed by atoms with van der Waals surface area (Å²) in [5.41, 5.74) is 1.03. The molecule has 0 bridgehead atoms. The molecule has 0 unspecified atom stereocenters. The van der Waals surface area contributed by atoms with Crippen LogP contribution in [-0.2, 0) is 16.2 Å². The molecule has 15 heavy (non-hydrogen) atoms. The minimum absolute atomic E-state index is 0.0529. The number of carbonyl (C=O) groups excluding carboxylic acids is 1. The lowest BCUT2D eigenvalue weighted by Crippen LogP contribution is -2.31. The summed E-state index contributed by atoms with van der Waals surface area (Å²) in [6.45, 7) is 2.73. The molecule has 0 aliphatic rings. The van der Waals surface area contributed by atoms with Crippen LogP contribution in [0.4, 0.5) is 0 Å². The number of hydrogen-bond acceptors (Lipinski definition) is 2. The number of hydroxylamine groups is 2. The molecule has 0 N–H and O–H groups in total. The van der Waals surface area contributed by atoms with Crippen molar-refractivity contribution in [3.05, 3.63) is 35.9 Å². The SMILES string of the molecule is CCN(OCc1ccccc1)C(=O)CCl. The molecule has 0 spiro atoms. The van der Waals surface area contributed by atoms with Gasteiger partial charge in [0.1, 0.15) is 12.5 Å². The second-order valence-electron chi connectivity index (χ2n) is 2.98. The number of alkyl halides is 1. The highest BCUT2D eigenvalue weighted by Crippen LogP contribution is 2.03. The number of halogens is 1. The second-order valence-corrected chi connectivity index (χ2v) is 3.25. The molecule has 0 aliphatic heterocycles. The van der Waals surface area contributed by atoms with E-state index in [1.54, 1.807) is 0 Å². The van der Waals surface area contributed by atoms with Gasteiger partial charge in [0.05, 0.1) is 0 Å². The summed E-state index contributed by atoms with van der Waals surface area (Å²) in [6, 6.07) is 9.68. The third-order valence-electron chi connectivity index (χ3n) is 1.91. The average Bonchev–Trinajstić information content (AvgIpc) is 2.31. The third kappa shape index (κ3) is 3.90. The van der Waals surface area contributed by atoms with Crippen LogP contribution in [0.3, 0.4) is 0 Å². The predicted molar refractivity (Wildman–Crippen MR) is 59.3 cm³/mol. The van der Waals surface area contributed by atoms with Crippen LogP contribution in [0.5, 0.6) is 0 Å². The molecule has 4 heteroatoms. The van der Waals surface area contributed by atoms with Crippen LogP contribution in [0.1, 0.15) is 12.5 Å². The van der Waals surface area contributed by atoms with Gasteiger partial charge in [-0.3, -0.25) is 9.63 Å². The van der Waals surface area contributed by atoms with Gasteiger partial charge in [0.2, 0.25) is 0 Å². The van der Waals surface area contributed by atoms with Crippen molar-refractivity contribution in [3.63, 3.8) is 0 Å². The number of nitrogens with zero attached hydrogens (tertiary/aromatic N) is 1. The number of rotatable bonds is 5. The minimum Gasteiger partial charge on any atom is -0.271 e. The lowest BCUT2D eigenvalue weighted by atomic mass is 10.2. The Morgan fingerprint density at radius 1 is 1.40 bits per heavy atom. The first-order valence-corrected chi connectivity index (χ1v) is 5.34. The molecule has 0 heterocycles. The lowest BCUT2D eigenvalue weighted by Gasteiger charge is -2.18. The highest BCUT2D eigenvalue weighted by Gasteiger charge is 2.10. The van der Waals surface area contributed by atoms with Crippen LogP contribution in [0, 0.1) is 0 Å². The van der Waals surface area contributed by atoms with Crippen LogP contribution in [0.15, 0.2) is 30.3 Å². The molecule has 1 amide bonds. The monoisotopic (exact) mass is 227 g/mol. The van der Waals surface area contributed by atoms with Crippen molar-refractivity contribution in [1.29, 1.82) is 0 Å². The molecule has 1 aromatic carbocycles. The number of carbonyl (C=O) groups is 1. The van der Waals surface area contributed by atoms with Crippen LogP contribution in [-0.4, -0.2) is 23.4 Å². The van der Waals surface area contributed by atoms with Gasteiger partial charge in [-0.05, 0) is 12.5 Å². The molecular weight excluding hydrogens is 214 g/mol. The van der Waals surface area contributed by atoms with Crippen molar-refractivity contribution in [1.82, 2.24) is 5.06 Å². The molecule has 0 saturated heterocycles. The first-order valence-electron chi connectivity index (χ1n) is 4.81. The standard InChI is InChI=1S/C11H14ClNO2/c1-2-13(11(14)8-12)15-9-10-6-4-3-5-7-10/h3-7H,2,8-9H2,1H3. The van der Waals surface area contributed by atoms with Crippen LogP contribution in [0.2, 0.25) is 0 Å². The van der Waals surface area contributed by atoms with Crippen LogP contribution < -0.4 is 0 Å². The van der Waals surface area contributed by atoms with Crippen LogP contribution in [0.25, 0.3) is 0 Å². The summed E-state index contributed by atoms with van der Waals surface area (Å²) in [7, 11) is 0. The van der Waals surface area contributed by atoms with E-state index in [2.05, 4.69) is 0 Å². The van der Waals surface area contributed by atoms with Gasteiger partial charge in [-0.1, -0.05) is 30.3 Å². The van der Waals surface area contributed by atoms with Gasteiger partial charge >= 0.3 is 0 Å². The molecule has 0 aliphatic carbocycles. The average molecular weight is 228 g/mol. The Hall–Kier alpha value is -1.06. The number of amides is 1. The summed E-state index contributed by atoms with van der Waals surface area (Å²) in [5, 5.41) is 1.28. The Morgan fingerprint density at radius 2 is 2.07 bits per heavy atom. The van der Waals surface area contributed by atoms with Gasteiger partial charge in [0.25, 0.3) is 5.91 Å². The fourth-order valence-corrected chi connectivity index (χ4v) is 1.27. The maximum atomic E-state index is 11.2. The molecular formula is C11H14ClNO2. The largest absolute Gasteiger partial charge is 0.271 e. The summed E-state index contributed by atoms with van der Waals surface area (Å²) < 4.78 is 0. The Morgan fingerprint density at radius 3 is 2.60 bits per heavy atom. The van der Waals surface area contributed by atoms with Gasteiger partial charge < -0.3 is 0 Å². The van der Waals surface area contributed by atoms with E-state index in [9.17, 15) is 4.79 Å². The maximum absolute atomic E-state index is 11.2. The van der Waals surface area contributed by atoms with E-state index in [1.807, 2.05) is 37.3 Å². The van der Waals surface area contributed by atoms with E-state index in [4.69, 9.17) is 16.4 Å². The highest BCUT2D eigenvalue weighted by atomic mass is 35.5. The van der Waals surface area contributed by atoms with E-state index in [-0.39, 0.29) is 11.8 Å². The third-order valence-corrected chi connectivity index (χ3v) is 2.14. The fourth-order valence-electron chi connectivity index (χ4n) is 1.13. The first kappa shape index (κ1) is 12.0. The summed E-state index contributed by atoms with van der Waals surface area (Å²) in [5.74, 6) is -0.266. The molecule has 0 radical (unpaired) electrons. The normalized spacial score (nSPS) is 10.0. The number of hydrogen-bond donors (Lipinski definition) is 0. The van der Waals surface area contributed by atoms with Crippen molar-refractivity contribution in [2.75, 3.05) is 12.4 Å². The molecule has 1 rings (SSSR count). The Kier molecular flexibility index (Phi) is 5.15. The predicted octanol–water partition coefficient (Wildman–Crippen LogP) is 2.21. The van der Waals surface area contributed by atoms with Crippen molar-refractivity contribution in [3.8, 4) is 0 Å². The maximum Gasteiger partial charge on any atom is 0.261 e. The van der Waals surface area contributed by atoms with E-state index >= 15 is 0 Å². The summed E-state index contributed by atoms with van der Waals surface area (Å²) >= 11 is 5.44. The van der Waals surface area contributed by atoms with E-state index in [0.717, 1.165) is 5.56 Å². The molecule has 3 nitrogen and oxygen atoms in total. The minimum atomic E-state index is -0.213. The smallest absolute Gasteiger partial charge is 0.261 e. The summed E-state index contributed by atoms with van der Waals surface area (Å²) in [6.07, 6.45) is 0. The van der Waals surface area contributed by atoms with Crippen molar-refractivity contribution < 1.29 is 9.63 Å². The van der Waals surface area contributed by atoms with Crippen molar-refractivity contribution in [2.45, 2.75) is 13.5 Å². The van der Waals surface area contributed by atoms with E-state index < -0.39 is 0 Å². The molecule has 1 aromatic rings. The first-order chi connectivity index (χ1) is 7.27. The molecule has 0 atom stereocenters. The number of benzene rings is 1. The van der Waals surface area contributed by atoms with E-state index in [1.165, 1.54) is 5.06 Å². The Bertz CT molecular complexity index is 303.